The zero-order valence-corrected chi connectivity index (χ0v) is 21.0. The topological polar surface area (TPSA) is 112 Å². The van der Waals surface area contributed by atoms with Crippen molar-refractivity contribution in [1.82, 2.24) is 9.55 Å². The van der Waals surface area contributed by atoms with Gasteiger partial charge < -0.3 is 33.7 Å². The summed E-state index contributed by atoms with van der Waals surface area (Å²) in [6.07, 6.45) is 1.36. The van der Waals surface area contributed by atoms with Crippen molar-refractivity contribution in [2.24, 2.45) is 0 Å². The highest BCUT2D eigenvalue weighted by Crippen LogP contribution is 2.35. The van der Waals surface area contributed by atoms with E-state index in [1.807, 2.05) is 0 Å². The molecule has 0 saturated carbocycles. The van der Waals surface area contributed by atoms with Gasteiger partial charge in [0.25, 0.3) is 0 Å². The number of benzene rings is 1. The molecule has 1 aromatic carbocycles. The second-order valence-electron chi connectivity index (χ2n) is 7.11. The van der Waals surface area contributed by atoms with Crippen molar-refractivity contribution in [3.05, 3.63) is 61.4 Å². The first-order valence-electron chi connectivity index (χ1n) is 10.7. The number of halogens is 3. The van der Waals surface area contributed by atoms with Gasteiger partial charge in [-0.25, -0.2) is 4.98 Å². The Morgan fingerprint density at radius 1 is 0.857 bits per heavy atom. The van der Waals surface area contributed by atoms with Gasteiger partial charge >= 0.3 is 0 Å². The van der Waals surface area contributed by atoms with Crippen molar-refractivity contribution >= 4 is 45.7 Å². The average molecular weight is 548 g/mol. The van der Waals surface area contributed by atoms with Crippen molar-refractivity contribution in [3.63, 3.8) is 0 Å². The van der Waals surface area contributed by atoms with Gasteiger partial charge in [-0.2, -0.15) is 0 Å². The number of aromatic nitrogens is 2. The molecule has 0 amide bonds. The Labute approximate surface area is 216 Å². The fraction of sp³-hybridized carbons (Fsp3) is 0.391. The number of rotatable bonds is 14. The first-order valence-corrected chi connectivity index (χ1v) is 11.9. The van der Waals surface area contributed by atoms with E-state index in [2.05, 4.69) is 4.98 Å². The van der Waals surface area contributed by atoms with E-state index in [1.54, 1.807) is 18.2 Å². The predicted octanol–water partition coefficient (Wildman–Crippen LogP) is 3.26. The first kappa shape index (κ1) is 27.6. The van der Waals surface area contributed by atoms with Crippen LogP contribution in [0.15, 0.2) is 35.3 Å². The molecule has 3 rings (SSSR count). The molecule has 2 heterocycles. The third-order valence-corrected chi connectivity index (χ3v) is 5.68. The SMILES string of the molecule is O=c1cc(CO)n(-c2c(Cl)cccc2Cl)c2c(Cl)cnc(OCCOCCOCCOCCO)c12. The van der Waals surface area contributed by atoms with Crippen molar-refractivity contribution in [1.29, 1.82) is 0 Å². The van der Waals surface area contributed by atoms with E-state index in [-0.39, 0.29) is 53.9 Å². The molecule has 0 spiro atoms. The molecule has 0 fully saturated rings. The van der Waals surface area contributed by atoms with E-state index in [4.69, 9.17) is 58.9 Å². The van der Waals surface area contributed by atoms with E-state index in [0.717, 1.165) is 0 Å². The molecular formula is C23H25Cl3N2O7. The molecule has 0 atom stereocenters. The summed E-state index contributed by atoms with van der Waals surface area (Å²) in [7, 11) is 0. The molecule has 0 aliphatic carbocycles. The molecule has 0 saturated heterocycles. The monoisotopic (exact) mass is 546 g/mol. The Morgan fingerprint density at radius 3 is 2.06 bits per heavy atom. The van der Waals surface area contributed by atoms with Gasteiger partial charge in [0.15, 0.2) is 5.43 Å². The van der Waals surface area contributed by atoms with Crippen LogP contribution < -0.4 is 10.2 Å². The van der Waals surface area contributed by atoms with Crippen LogP contribution in [-0.2, 0) is 20.8 Å². The highest BCUT2D eigenvalue weighted by atomic mass is 35.5. The highest BCUT2D eigenvalue weighted by molar-refractivity contribution is 6.38. The summed E-state index contributed by atoms with van der Waals surface area (Å²) >= 11 is 19.3. The maximum atomic E-state index is 12.9. The minimum Gasteiger partial charge on any atom is -0.475 e. The van der Waals surface area contributed by atoms with Crippen LogP contribution in [0.3, 0.4) is 0 Å². The lowest BCUT2D eigenvalue weighted by Gasteiger charge is -2.20. The summed E-state index contributed by atoms with van der Waals surface area (Å²) in [6.45, 7) is 1.67. The Balaban J connectivity index is 1.75. The molecule has 9 nitrogen and oxygen atoms in total. The third kappa shape index (κ3) is 7.05. The van der Waals surface area contributed by atoms with Crippen LogP contribution in [0.5, 0.6) is 5.88 Å². The zero-order chi connectivity index (χ0) is 25.2. The number of para-hydroxylation sites is 1. The van der Waals surface area contributed by atoms with Crippen LogP contribution in [0, 0.1) is 0 Å². The van der Waals surface area contributed by atoms with Crippen molar-refractivity contribution < 1.29 is 29.2 Å². The third-order valence-electron chi connectivity index (χ3n) is 4.80. The maximum absolute atomic E-state index is 12.9. The summed E-state index contributed by atoms with van der Waals surface area (Å²) in [5.41, 5.74) is 0.461. The second-order valence-corrected chi connectivity index (χ2v) is 8.33. The average Bonchev–Trinajstić information content (AvgIpc) is 2.84. The quantitative estimate of drug-likeness (QED) is 0.296. The van der Waals surface area contributed by atoms with Crippen LogP contribution in [0.1, 0.15) is 5.69 Å². The fourth-order valence-electron chi connectivity index (χ4n) is 3.32. The number of pyridine rings is 2. The summed E-state index contributed by atoms with van der Waals surface area (Å²) in [5.74, 6) is 0.0664. The number of fused-ring (bicyclic) bond motifs is 1. The molecule has 190 valence electrons. The van der Waals surface area contributed by atoms with Gasteiger partial charge in [-0.1, -0.05) is 40.9 Å². The molecular weight excluding hydrogens is 523 g/mol. The van der Waals surface area contributed by atoms with Gasteiger partial charge in [0.2, 0.25) is 5.88 Å². The number of hydrogen-bond acceptors (Lipinski definition) is 8. The van der Waals surface area contributed by atoms with Gasteiger partial charge in [-0.3, -0.25) is 4.79 Å². The maximum Gasteiger partial charge on any atom is 0.227 e. The Bertz CT molecular complexity index is 1170. The number of aliphatic hydroxyl groups excluding tert-OH is 2. The molecule has 3 aromatic rings. The lowest BCUT2D eigenvalue weighted by atomic mass is 10.2. The summed E-state index contributed by atoms with van der Waals surface area (Å²) in [4.78, 5) is 17.1. The van der Waals surface area contributed by atoms with Gasteiger partial charge in [-0.15, -0.1) is 0 Å². The van der Waals surface area contributed by atoms with Crippen molar-refractivity contribution in [2.45, 2.75) is 6.61 Å². The van der Waals surface area contributed by atoms with Gasteiger partial charge in [0.1, 0.15) is 12.0 Å². The molecule has 0 bridgehead atoms. The van der Waals surface area contributed by atoms with Crippen LogP contribution in [-0.4, -0.2) is 72.6 Å². The van der Waals surface area contributed by atoms with Crippen LogP contribution in [0.2, 0.25) is 15.1 Å². The summed E-state index contributed by atoms with van der Waals surface area (Å²) in [6, 6.07) is 6.24. The first-order chi connectivity index (χ1) is 17.0. The molecule has 2 aromatic heterocycles. The predicted molar refractivity (Wildman–Crippen MR) is 133 cm³/mol. The summed E-state index contributed by atoms with van der Waals surface area (Å²) < 4.78 is 23.2. The Morgan fingerprint density at radius 2 is 1.46 bits per heavy atom. The molecule has 2 N–H and O–H groups in total. The fourth-order valence-corrected chi connectivity index (χ4v) is 4.12. The lowest BCUT2D eigenvalue weighted by molar-refractivity contribution is 0.00349. The van der Waals surface area contributed by atoms with Crippen LogP contribution in [0.25, 0.3) is 16.6 Å². The van der Waals surface area contributed by atoms with Crippen LogP contribution >= 0.6 is 34.8 Å². The smallest absolute Gasteiger partial charge is 0.227 e. The zero-order valence-electron chi connectivity index (χ0n) is 18.7. The Kier molecular flexibility index (Phi) is 11.0. The number of aliphatic hydroxyl groups is 2. The minimum atomic E-state index is -0.453. The van der Waals surface area contributed by atoms with Crippen molar-refractivity contribution in [3.8, 4) is 11.6 Å². The van der Waals surface area contributed by atoms with E-state index < -0.39 is 12.0 Å². The second kappa shape index (κ2) is 14.0. The number of hydrogen-bond donors (Lipinski definition) is 2. The molecule has 0 aliphatic rings. The van der Waals surface area contributed by atoms with E-state index >= 15 is 0 Å². The molecule has 0 radical (unpaired) electrons. The van der Waals surface area contributed by atoms with Gasteiger partial charge in [0.05, 0.1) is 91.0 Å². The van der Waals surface area contributed by atoms with E-state index in [1.165, 1.54) is 16.8 Å². The van der Waals surface area contributed by atoms with Crippen molar-refractivity contribution in [2.75, 3.05) is 52.9 Å². The molecule has 35 heavy (non-hydrogen) atoms. The standard InChI is InChI=1S/C23H25Cl3N2O7/c24-16-2-1-3-17(25)21(16)28-15(14-30)12-19(31)20-22(28)18(26)13-27-23(20)35-11-10-34-9-8-33-7-6-32-5-4-29/h1-3,12-13,29-30H,4-11,14H2. The number of nitrogens with zero attached hydrogens (tertiary/aromatic N) is 2. The van der Waals surface area contributed by atoms with Gasteiger partial charge in [0, 0.05) is 6.07 Å². The minimum absolute atomic E-state index is 0.0228. The lowest BCUT2D eigenvalue weighted by Crippen LogP contribution is -2.17. The normalized spacial score (nSPS) is 11.3. The van der Waals surface area contributed by atoms with E-state index in [0.29, 0.717) is 42.2 Å². The molecule has 0 unspecified atom stereocenters. The largest absolute Gasteiger partial charge is 0.475 e. The Hall–Kier alpha value is -1.95. The molecule has 12 heteroatoms. The van der Waals surface area contributed by atoms with Crippen LogP contribution in [0.4, 0.5) is 0 Å². The van der Waals surface area contributed by atoms with Gasteiger partial charge in [-0.05, 0) is 12.1 Å². The summed E-state index contributed by atoms with van der Waals surface area (Å²) in [5, 5.41) is 19.5. The number of ether oxygens (including phenoxy) is 4. The van der Waals surface area contributed by atoms with E-state index in [9.17, 15) is 9.90 Å². The highest BCUT2D eigenvalue weighted by Gasteiger charge is 2.21. The molecule has 0 aliphatic heterocycles.